The Morgan fingerprint density at radius 2 is 1.67 bits per heavy atom. The molecule has 5 atom stereocenters. The minimum Gasteiger partial charge on any atom is -0.368 e. The first-order chi connectivity index (χ1) is 21.6. The van der Waals surface area contributed by atoms with Crippen LogP contribution in [-0.4, -0.2) is 81.3 Å². The van der Waals surface area contributed by atoms with E-state index in [2.05, 4.69) is 26.3 Å². The fourth-order valence-corrected chi connectivity index (χ4v) is 5.97. The van der Waals surface area contributed by atoms with E-state index in [0.29, 0.717) is 5.75 Å². The number of nitrogens with one attached hydrogen (secondary N) is 3. The fourth-order valence-electron chi connectivity index (χ4n) is 5.17. The largest absolute Gasteiger partial charge is 0.368 e. The van der Waals surface area contributed by atoms with Crippen molar-refractivity contribution in [1.29, 1.82) is 0 Å². The van der Waals surface area contributed by atoms with Crippen molar-refractivity contribution < 1.29 is 19.2 Å². The average molecular weight is 635 g/mol. The van der Waals surface area contributed by atoms with E-state index < -0.39 is 36.0 Å². The summed E-state index contributed by atoms with van der Waals surface area (Å²) in [4.78, 5) is 55.6. The quantitative estimate of drug-likeness (QED) is 0.195. The molecule has 0 spiro atoms. The molecule has 13 heteroatoms. The number of benzene rings is 2. The summed E-state index contributed by atoms with van der Waals surface area (Å²) in [6.07, 6.45) is 2.29. The van der Waals surface area contributed by atoms with Gasteiger partial charge in [-0.1, -0.05) is 67.6 Å². The van der Waals surface area contributed by atoms with Gasteiger partial charge in [0, 0.05) is 36.2 Å². The zero-order valence-electron chi connectivity index (χ0n) is 26.1. The van der Waals surface area contributed by atoms with Crippen LogP contribution in [0.25, 0.3) is 0 Å². The maximum atomic E-state index is 14.1. The zero-order valence-corrected chi connectivity index (χ0v) is 26.9. The van der Waals surface area contributed by atoms with E-state index >= 15 is 0 Å². The first-order valence-electron chi connectivity index (χ1n) is 15.1. The molecule has 1 saturated heterocycles. The highest BCUT2D eigenvalue weighted by atomic mass is 32.2. The van der Waals surface area contributed by atoms with Crippen LogP contribution in [-0.2, 0) is 31.4 Å². The van der Waals surface area contributed by atoms with Crippen LogP contribution >= 0.6 is 11.8 Å². The summed E-state index contributed by atoms with van der Waals surface area (Å²) in [5.41, 5.74) is 7.29. The van der Waals surface area contributed by atoms with Gasteiger partial charge in [0.15, 0.2) is 0 Å². The number of hydrogen-bond acceptors (Lipinski definition) is 8. The van der Waals surface area contributed by atoms with Gasteiger partial charge in [-0.05, 0) is 37.6 Å². The van der Waals surface area contributed by atoms with Crippen LogP contribution in [0, 0.1) is 5.92 Å². The Kier molecular flexibility index (Phi) is 11.7. The van der Waals surface area contributed by atoms with Crippen molar-refractivity contribution in [2.75, 3.05) is 13.6 Å². The van der Waals surface area contributed by atoms with Gasteiger partial charge in [-0.15, -0.1) is 16.9 Å². The number of amides is 4. The number of carbonyl (C=O) groups excluding carboxylic acids is 4. The van der Waals surface area contributed by atoms with Gasteiger partial charge >= 0.3 is 0 Å². The van der Waals surface area contributed by atoms with Crippen molar-refractivity contribution in [3.05, 3.63) is 78.1 Å². The van der Waals surface area contributed by atoms with E-state index in [1.165, 1.54) is 4.90 Å². The Balaban J connectivity index is 1.56. The van der Waals surface area contributed by atoms with Gasteiger partial charge in [-0.2, -0.15) is 0 Å². The number of rotatable bonds is 14. The van der Waals surface area contributed by atoms with Crippen LogP contribution in [0.1, 0.15) is 44.5 Å². The Labute approximate surface area is 267 Å². The number of nitrogens with zero attached hydrogens (tertiary/aromatic N) is 4. The minimum absolute atomic E-state index is 0.173. The van der Waals surface area contributed by atoms with Gasteiger partial charge in [0.2, 0.25) is 23.6 Å². The molecule has 4 rings (SSSR count). The van der Waals surface area contributed by atoms with E-state index in [4.69, 9.17) is 5.73 Å². The Bertz CT molecular complexity index is 1450. The summed E-state index contributed by atoms with van der Waals surface area (Å²) in [5, 5.41) is 17.2. The van der Waals surface area contributed by atoms with Crippen molar-refractivity contribution in [2.24, 2.45) is 11.7 Å². The number of aromatic nitrogens is 3. The molecule has 1 aromatic heterocycles. The third-order valence-corrected chi connectivity index (χ3v) is 8.97. The Morgan fingerprint density at radius 3 is 2.29 bits per heavy atom. The molecule has 4 amide bonds. The first-order valence-corrected chi connectivity index (χ1v) is 16.1. The molecule has 2 aromatic carbocycles. The molecule has 240 valence electrons. The zero-order chi connectivity index (χ0) is 32.5. The summed E-state index contributed by atoms with van der Waals surface area (Å²) in [7, 11) is 1.66. The van der Waals surface area contributed by atoms with Gasteiger partial charge < -0.3 is 26.6 Å². The third-order valence-electron chi connectivity index (χ3n) is 7.93. The summed E-state index contributed by atoms with van der Waals surface area (Å²) in [5.74, 6) is -1.53. The van der Waals surface area contributed by atoms with Crippen molar-refractivity contribution in [2.45, 2.75) is 74.5 Å². The predicted molar refractivity (Wildman–Crippen MR) is 172 cm³/mol. The number of carbonyl (C=O) groups is 4. The number of hydrogen-bond donors (Lipinski definition) is 4. The molecule has 1 aliphatic rings. The standard InChI is InChI=1S/C32H42N8O4S/c1-20(2)28(36-30(42)21(3)34-4)32(44)39-18-24(40-17-23(37-38-40)19-45-25-13-9-6-10-14-25)16-27(39)31(43)35-26(29(33)41)15-22-11-7-5-8-12-22/h5-14,17,20-21,24,26-28,34H,15-16,18-19H2,1-4H3,(H2,33,41)(H,35,43)(H,36,42)/t21-,24-,26-,27-,28-/m0/s1. The average Bonchev–Trinajstić information content (AvgIpc) is 3.70. The lowest BCUT2D eigenvalue weighted by atomic mass is 10.0. The normalized spacial score (nSPS) is 18.3. The van der Waals surface area contributed by atoms with Crippen LogP contribution in [0.15, 0.2) is 71.8 Å². The smallest absolute Gasteiger partial charge is 0.246 e. The Hall–Kier alpha value is -4.23. The fraction of sp³-hybridized carbons (Fsp3) is 0.438. The molecule has 0 aliphatic carbocycles. The van der Waals surface area contributed by atoms with Gasteiger partial charge in [0.05, 0.1) is 17.8 Å². The van der Waals surface area contributed by atoms with Crippen LogP contribution in [0.3, 0.4) is 0 Å². The van der Waals surface area contributed by atoms with E-state index in [0.717, 1.165) is 16.2 Å². The topological polar surface area (TPSA) is 164 Å². The van der Waals surface area contributed by atoms with Crippen LogP contribution in [0.2, 0.25) is 0 Å². The number of thioether (sulfide) groups is 1. The maximum absolute atomic E-state index is 14.1. The van der Waals surface area contributed by atoms with E-state index in [-0.39, 0.29) is 43.2 Å². The summed E-state index contributed by atoms with van der Waals surface area (Å²) in [6.45, 7) is 5.56. The maximum Gasteiger partial charge on any atom is 0.246 e. The highest BCUT2D eigenvalue weighted by molar-refractivity contribution is 7.98. The number of likely N-dealkylation sites (tertiary alicyclic amines) is 1. The molecular weight excluding hydrogens is 592 g/mol. The SMILES string of the molecule is CN[C@@H](C)C(=O)N[C@H](C(=O)N1C[C@@H](n2cc(CSc3ccccc3)nn2)C[C@H]1C(=O)N[C@@H](Cc1ccccc1)C(N)=O)C(C)C. The lowest BCUT2D eigenvalue weighted by molar-refractivity contribution is -0.143. The van der Waals surface area contributed by atoms with Crippen LogP contribution in [0.4, 0.5) is 0 Å². The van der Waals surface area contributed by atoms with Crippen LogP contribution in [0.5, 0.6) is 0 Å². The molecule has 5 N–H and O–H groups in total. The van der Waals surface area contributed by atoms with Gasteiger partial charge in [0.1, 0.15) is 18.1 Å². The second-order valence-corrected chi connectivity index (χ2v) is 12.6. The molecule has 0 radical (unpaired) electrons. The second-order valence-electron chi connectivity index (χ2n) is 11.6. The number of likely N-dealkylation sites (N-methyl/N-ethyl adjacent to an activating group) is 1. The highest BCUT2D eigenvalue weighted by Gasteiger charge is 2.44. The van der Waals surface area contributed by atoms with E-state index in [1.54, 1.807) is 30.4 Å². The van der Waals surface area contributed by atoms with Crippen molar-refractivity contribution in [1.82, 2.24) is 35.8 Å². The lowest BCUT2D eigenvalue weighted by Gasteiger charge is -2.31. The monoisotopic (exact) mass is 634 g/mol. The number of nitrogens with two attached hydrogens (primary N) is 1. The summed E-state index contributed by atoms with van der Waals surface area (Å²) in [6, 6.07) is 15.6. The molecule has 0 saturated carbocycles. The lowest BCUT2D eigenvalue weighted by Crippen LogP contribution is -2.58. The highest BCUT2D eigenvalue weighted by Crippen LogP contribution is 2.30. The van der Waals surface area contributed by atoms with E-state index in [1.807, 2.05) is 80.7 Å². The molecule has 0 unspecified atom stereocenters. The number of primary amides is 1. The molecule has 0 bridgehead atoms. The van der Waals surface area contributed by atoms with Gasteiger partial charge in [0.25, 0.3) is 0 Å². The molecule has 45 heavy (non-hydrogen) atoms. The molecule has 1 aliphatic heterocycles. The van der Waals surface area contributed by atoms with E-state index in [9.17, 15) is 19.2 Å². The summed E-state index contributed by atoms with van der Waals surface area (Å²) >= 11 is 1.63. The van der Waals surface area contributed by atoms with Crippen molar-refractivity contribution in [3.8, 4) is 0 Å². The molecule has 3 aromatic rings. The Morgan fingerprint density at radius 1 is 1.00 bits per heavy atom. The first kappa shape index (κ1) is 33.7. The van der Waals surface area contributed by atoms with Gasteiger partial charge in [-0.3, -0.25) is 19.2 Å². The second kappa shape index (κ2) is 15.7. The van der Waals surface area contributed by atoms with Crippen molar-refractivity contribution >= 4 is 35.4 Å². The molecule has 2 heterocycles. The van der Waals surface area contributed by atoms with Gasteiger partial charge in [-0.25, -0.2) is 4.68 Å². The molecule has 12 nitrogen and oxygen atoms in total. The molecular formula is C32H42N8O4S. The van der Waals surface area contributed by atoms with Crippen molar-refractivity contribution in [3.63, 3.8) is 0 Å². The summed E-state index contributed by atoms with van der Waals surface area (Å²) < 4.78 is 1.69. The minimum atomic E-state index is -0.971. The molecule has 1 fully saturated rings. The van der Waals surface area contributed by atoms with Crippen LogP contribution < -0.4 is 21.7 Å². The third kappa shape index (κ3) is 8.92. The predicted octanol–water partition coefficient (Wildman–Crippen LogP) is 1.67.